The fraction of sp³-hybridized carbons (Fsp3) is 0.533. The number of benzene rings is 1. The Hall–Kier alpha value is -1.95. The van der Waals surface area contributed by atoms with Crippen LogP contribution in [0.25, 0.3) is 0 Å². The van der Waals surface area contributed by atoms with E-state index in [4.69, 9.17) is 19.9 Å². The number of hydrogen-bond donors (Lipinski definition) is 2. The molecule has 0 saturated heterocycles. The van der Waals surface area contributed by atoms with Crippen LogP contribution in [-0.2, 0) is 4.79 Å². The van der Waals surface area contributed by atoms with Crippen LogP contribution in [0.3, 0.4) is 0 Å². The quantitative estimate of drug-likeness (QED) is 0.672. The highest BCUT2D eigenvalue weighted by Gasteiger charge is 2.28. The Morgan fingerprint density at radius 1 is 1.19 bits per heavy atom. The summed E-state index contributed by atoms with van der Waals surface area (Å²) in [7, 11) is 4.89. The first-order valence-corrected chi connectivity index (χ1v) is 6.80. The van der Waals surface area contributed by atoms with E-state index in [0.29, 0.717) is 36.7 Å². The molecule has 0 aliphatic carbocycles. The molecule has 0 spiro atoms. The Balaban J connectivity index is 2.54. The molecule has 6 nitrogen and oxygen atoms in total. The largest absolute Gasteiger partial charge is 0.496 e. The summed E-state index contributed by atoms with van der Waals surface area (Å²) in [5.74, 6) is 1.63. The zero-order valence-corrected chi connectivity index (χ0v) is 13.1. The first kappa shape index (κ1) is 17.1. The van der Waals surface area contributed by atoms with Gasteiger partial charge in [-0.1, -0.05) is 0 Å². The molecule has 118 valence electrons. The highest BCUT2D eigenvalue weighted by Crippen LogP contribution is 2.27. The van der Waals surface area contributed by atoms with Crippen LogP contribution in [0.4, 0.5) is 0 Å². The van der Waals surface area contributed by atoms with Crippen molar-refractivity contribution in [2.75, 3.05) is 27.9 Å². The molecule has 0 aliphatic rings. The van der Waals surface area contributed by atoms with Crippen molar-refractivity contribution in [2.24, 2.45) is 5.73 Å². The van der Waals surface area contributed by atoms with Crippen LogP contribution in [0.15, 0.2) is 18.2 Å². The second-order valence-electron chi connectivity index (χ2n) is 4.95. The molecular weight excluding hydrogens is 272 g/mol. The Morgan fingerprint density at radius 3 is 2.14 bits per heavy atom. The lowest BCUT2D eigenvalue weighted by atomic mass is 9.95. The van der Waals surface area contributed by atoms with E-state index >= 15 is 0 Å². The summed E-state index contributed by atoms with van der Waals surface area (Å²) < 4.78 is 16.0. The summed E-state index contributed by atoms with van der Waals surface area (Å²) in [5.41, 5.74) is 4.66. The van der Waals surface area contributed by atoms with Crippen molar-refractivity contribution >= 4 is 5.91 Å². The van der Waals surface area contributed by atoms with E-state index in [1.54, 1.807) is 46.4 Å². The van der Waals surface area contributed by atoms with Gasteiger partial charge in [-0.2, -0.15) is 0 Å². The second kappa shape index (κ2) is 7.73. The molecule has 0 fully saturated rings. The molecule has 1 rings (SSSR count). The topological polar surface area (TPSA) is 82.8 Å². The normalized spacial score (nSPS) is 13.3. The highest BCUT2D eigenvalue weighted by molar-refractivity contribution is 5.84. The van der Waals surface area contributed by atoms with E-state index in [-0.39, 0.29) is 5.91 Å². The standard InChI is InChI=1S/C15H24N2O4/c1-15(17-2,14(16)18)6-5-7-21-13-9-11(19-3)8-12(10-13)20-4/h8-10,17H,5-7H2,1-4H3,(H2,16,18). The fourth-order valence-electron chi connectivity index (χ4n) is 1.85. The van der Waals surface area contributed by atoms with Gasteiger partial charge in [-0.25, -0.2) is 0 Å². The number of amides is 1. The first-order valence-electron chi connectivity index (χ1n) is 6.80. The Kier molecular flexibility index (Phi) is 6.30. The van der Waals surface area contributed by atoms with Gasteiger partial charge in [-0.3, -0.25) is 4.79 Å². The van der Waals surface area contributed by atoms with E-state index < -0.39 is 5.54 Å². The molecule has 1 atom stereocenters. The van der Waals surface area contributed by atoms with Crippen molar-refractivity contribution in [1.29, 1.82) is 0 Å². The maximum absolute atomic E-state index is 11.4. The lowest BCUT2D eigenvalue weighted by Crippen LogP contribution is -2.51. The lowest BCUT2D eigenvalue weighted by Gasteiger charge is -2.25. The average Bonchev–Trinajstić information content (AvgIpc) is 2.50. The van der Waals surface area contributed by atoms with E-state index in [9.17, 15) is 4.79 Å². The molecular formula is C15H24N2O4. The molecule has 0 bridgehead atoms. The monoisotopic (exact) mass is 296 g/mol. The van der Waals surface area contributed by atoms with E-state index in [0.717, 1.165) is 0 Å². The van der Waals surface area contributed by atoms with Gasteiger partial charge in [0.15, 0.2) is 0 Å². The number of rotatable bonds is 9. The second-order valence-corrected chi connectivity index (χ2v) is 4.95. The van der Waals surface area contributed by atoms with Crippen molar-refractivity contribution < 1.29 is 19.0 Å². The first-order chi connectivity index (χ1) is 9.95. The van der Waals surface area contributed by atoms with E-state index in [2.05, 4.69) is 5.32 Å². The van der Waals surface area contributed by atoms with Crippen molar-refractivity contribution in [3.63, 3.8) is 0 Å². The van der Waals surface area contributed by atoms with Gasteiger partial charge in [-0.15, -0.1) is 0 Å². The van der Waals surface area contributed by atoms with Gasteiger partial charge < -0.3 is 25.3 Å². The van der Waals surface area contributed by atoms with Gasteiger partial charge in [0, 0.05) is 18.2 Å². The molecule has 3 N–H and O–H groups in total. The Bertz CT molecular complexity index is 456. The Morgan fingerprint density at radius 2 is 1.71 bits per heavy atom. The maximum Gasteiger partial charge on any atom is 0.237 e. The van der Waals surface area contributed by atoms with Crippen molar-refractivity contribution in [2.45, 2.75) is 25.3 Å². The number of likely N-dealkylation sites (N-methyl/N-ethyl adjacent to an activating group) is 1. The van der Waals surface area contributed by atoms with Crippen LogP contribution in [-0.4, -0.2) is 39.3 Å². The van der Waals surface area contributed by atoms with Crippen LogP contribution < -0.4 is 25.3 Å². The minimum absolute atomic E-state index is 0.368. The highest BCUT2D eigenvalue weighted by atomic mass is 16.5. The number of primary amides is 1. The number of ether oxygens (including phenoxy) is 3. The smallest absolute Gasteiger partial charge is 0.237 e. The maximum atomic E-state index is 11.4. The number of nitrogens with two attached hydrogens (primary N) is 1. The van der Waals surface area contributed by atoms with Gasteiger partial charge in [0.2, 0.25) is 5.91 Å². The molecule has 0 aromatic heterocycles. The number of methoxy groups -OCH3 is 2. The Labute approximate surface area is 125 Å². The summed E-state index contributed by atoms with van der Waals surface area (Å²) >= 11 is 0. The van der Waals surface area contributed by atoms with Crippen LogP contribution in [0, 0.1) is 0 Å². The zero-order chi connectivity index (χ0) is 15.9. The molecule has 1 aromatic carbocycles. The number of nitrogens with one attached hydrogen (secondary N) is 1. The molecule has 0 heterocycles. The third-order valence-corrected chi connectivity index (χ3v) is 3.51. The van der Waals surface area contributed by atoms with Gasteiger partial charge in [0.25, 0.3) is 0 Å². The SMILES string of the molecule is CNC(C)(CCCOc1cc(OC)cc(OC)c1)C(N)=O. The third kappa shape index (κ3) is 4.82. The molecule has 21 heavy (non-hydrogen) atoms. The number of carbonyl (C=O) groups is 1. The fourth-order valence-corrected chi connectivity index (χ4v) is 1.85. The molecule has 0 aliphatic heterocycles. The van der Waals surface area contributed by atoms with E-state index in [1.807, 2.05) is 0 Å². The van der Waals surface area contributed by atoms with Crippen molar-refractivity contribution in [3.8, 4) is 17.2 Å². The summed E-state index contributed by atoms with van der Waals surface area (Å²) in [4.78, 5) is 11.4. The van der Waals surface area contributed by atoms with Crippen LogP contribution in [0.5, 0.6) is 17.2 Å². The van der Waals surface area contributed by atoms with Crippen molar-refractivity contribution in [3.05, 3.63) is 18.2 Å². The van der Waals surface area contributed by atoms with Crippen LogP contribution in [0.2, 0.25) is 0 Å². The minimum atomic E-state index is -0.713. The van der Waals surface area contributed by atoms with Gasteiger partial charge in [0.1, 0.15) is 17.2 Å². The molecule has 0 radical (unpaired) electrons. The third-order valence-electron chi connectivity index (χ3n) is 3.51. The zero-order valence-electron chi connectivity index (χ0n) is 13.1. The molecule has 6 heteroatoms. The molecule has 1 amide bonds. The van der Waals surface area contributed by atoms with Gasteiger partial charge in [-0.05, 0) is 26.8 Å². The number of carbonyl (C=O) groups excluding carboxylic acids is 1. The average molecular weight is 296 g/mol. The summed E-state index contributed by atoms with van der Waals surface area (Å²) in [6.07, 6.45) is 1.29. The van der Waals surface area contributed by atoms with E-state index in [1.165, 1.54) is 0 Å². The van der Waals surface area contributed by atoms with Gasteiger partial charge >= 0.3 is 0 Å². The molecule has 0 saturated carbocycles. The summed E-state index contributed by atoms with van der Waals surface area (Å²) in [6, 6.07) is 5.35. The predicted octanol–water partition coefficient (Wildman–Crippen LogP) is 1.33. The lowest BCUT2D eigenvalue weighted by molar-refractivity contribution is -0.123. The summed E-state index contributed by atoms with van der Waals surface area (Å²) in [5, 5.41) is 2.94. The molecule has 1 unspecified atom stereocenters. The minimum Gasteiger partial charge on any atom is -0.496 e. The number of hydrogen-bond acceptors (Lipinski definition) is 5. The summed E-state index contributed by atoms with van der Waals surface area (Å²) in [6.45, 7) is 2.25. The van der Waals surface area contributed by atoms with Crippen molar-refractivity contribution in [1.82, 2.24) is 5.32 Å². The predicted molar refractivity (Wildman–Crippen MR) is 80.9 cm³/mol. The van der Waals surface area contributed by atoms with Crippen LogP contribution >= 0.6 is 0 Å². The molecule has 1 aromatic rings. The van der Waals surface area contributed by atoms with Gasteiger partial charge in [0.05, 0.1) is 26.4 Å². The van der Waals surface area contributed by atoms with Crippen LogP contribution in [0.1, 0.15) is 19.8 Å².